The Bertz CT molecular complexity index is 185. The topological polar surface area (TPSA) is 32.8 Å². The molecule has 0 aliphatic heterocycles. The van der Waals surface area contributed by atoms with Crippen molar-refractivity contribution in [2.75, 3.05) is 6.61 Å². The summed E-state index contributed by atoms with van der Waals surface area (Å²) in [6.07, 6.45) is 0.574. The van der Waals surface area contributed by atoms with Crippen molar-refractivity contribution < 1.29 is 5.11 Å². The number of hydrogen-bond donors (Lipinski definition) is 0. The van der Waals surface area contributed by atoms with E-state index in [4.69, 9.17) is 0 Å². The van der Waals surface area contributed by atoms with Crippen LogP contribution in [0.5, 0.6) is 0 Å². The molecule has 0 N–H and O–H groups in total. The smallest absolute Gasteiger partial charge is 0.0897 e. The van der Waals surface area contributed by atoms with Crippen LogP contribution in [0.4, 0.5) is 0 Å². The van der Waals surface area contributed by atoms with Crippen LogP contribution in [-0.2, 0) is 11.5 Å². The Morgan fingerprint density at radius 2 is 2.56 bits per heavy atom. The molecule has 1 aromatic heterocycles. The second kappa shape index (κ2) is 2.94. The maximum atomic E-state index is 10.1. The summed E-state index contributed by atoms with van der Waals surface area (Å²) in [5.41, 5.74) is 0.938. The largest absolute Gasteiger partial charge is 0.247 e. The number of thiazole rings is 1. The lowest BCUT2D eigenvalue weighted by Crippen LogP contribution is -1.88. The minimum absolute atomic E-state index is 0.0524. The molecular weight excluding hydrogens is 134 g/mol. The lowest BCUT2D eigenvalue weighted by Gasteiger charge is -1.83. The third kappa shape index (κ3) is 1.77. The minimum atomic E-state index is -0.0524. The van der Waals surface area contributed by atoms with Gasteiger partial charge in [0.2, 0.25) is 0 Å². The summed E-state index contributed by atoms with van der Waals surface area (Å²) in [5, 5.41) is 13.1. The van der Waals surface area contributed by atoms with Gasteiger partial charge in [-0.1, -0.05) is 0 Å². The van der Waals surface area contributed by atoms with Crippen LogP contribution >= 0.6 is 11.3 Å². The molecule has 49 valence electrons. The van der Waals surface area contributed by atoms with Crippen LogP contribution in [0, 0.1) is 6.92 Å². The fourth-order valence-corrected chi connectivity index (χ4v) is 1.27. The molecule has 2 nitrogen and oxygen atoms in total. The fraction of sp³-hybridized carbons (Fsp3) is 0.500. The van der Waals surface area contributed by atoms with Crippen LogP contribution in [0.15, 0.2) is 5.38 Å². The monoisotopic (exact) mass is 142 g/mol. The lowest BCUT2D eigenvalue weighted by molar-refractivity contribution is 0.196. The number of aryl methyl sites for hydroxylation is 1. The summed E-state index contributed by atoms with van der Waals surface area (Å²) < 4.78 is 0. The molecular formula is C6H8NOS. The van der Waals surface area contributed by atoms with E-state index < -0.39 is 0 Å². The highest BCUT2D eigenvalue weighted by molar-refractivity contribution is 7.09. The zero-order valence-electron chi connectivity index (χ0n) is 5.26. The Kier molecular flexibility index (Phi) is 2.19. The van der Waals surface area contributed by atoms with Gasteiger partial charge in [-0.25, -0.2) is 10.1 Å². The maximum Gasteiger partial charge on any atom is 0.0897 e. The Hall–Kier alpha value is -0.410. The fourth-order valence-electron chi connectivity index (χ4n) is 0.628. The van der Waals surface area contributed by atoms with Gasteiger partial charge in [-0.3, -0.25) is 0 Å². The number of nitrogens with zero attached hydrogens (tertiary/aromatic N) is 1. The Morgan fingerprint density at radius 1 is 1.78 bits per heavy atom. The van der Waals surface area contributed by atoms with Gasteiger partial charge >= 0.3 is 0 Å². The van der Waals surface area contributed by atoms with Crippen LogP contribution in [0.2, 0.25) is 0 Å². The van der Waals surface area contributed by atoms with Crippen LogP contribution < -0.4 is 0 Å². The predicted molar refractivity (Wildman–Crippen MR) is 36.1 cm³/mol. The van der Waals surface area contributed by atoms with Crippen molar-refractivity contribution in [3.05, 3.63) is 16.1 Å². The van der Waals surface area contributed by atoms with Gasteiger partial charge in [-0.05, 0) is 6.92 Å². The number of hydrogen-bond acceptors (Lipinski definition) is 2. The molecule has 0 spiro atoms. The molecule has 1 aromatic rings. The molecule has 1 rings (SSSR count). The van der Waals surface area contributed by atoms with Gasteiger partial charge in [0.15, 0.2) is 0 Å². The molecule has 9 heavy (non-hydrogen) atoms. The van der Waals surface area contributed by atoms with E-state index in [-0.39, 0.29) is 6.61 Å². The van der Waals surface area contributed by atoms with Crippen LogP contribution in [0.3, 0.4) is 0 Å². The van der Waals surface area contributed by atoms with Gasteiger partial charge < -0.3 is 0 Å². The molecule has 1 radical (unpaired) electrons. The first-order chi connectivity index (χ1) is 4.33. The highest BCUT2D eigenvalue weighted by atomic mass is 32.1. The average Bonchev–Trinajstić information content (AvgIpc) is 2.17. The van der Waals surface area contributed by atoms with Crippen molar-refractivity contribution in [3.63, 3.8) is 0 Å². The van der Waals surface area contributed by atoms with Gasteiger partial charge in [0.1, 0.15) is 0 Å². The Labute approximate surface area is 58.2 Å². The number of aromatic nitrogens is 1. The molecule has 1 heterocycles. The normalized spacial score (nSPS) is 10.0. The number of rotatable bonds is 2. The van der Waals surface area contributed by atoms with Crippen molar-refractivity contribution >= 4 is 11.3 Å². The van der Waals surface area contributed by atoms with Crippen molar-refractivity contribution in [1.29, 1.82) is 0 Å². The first kappa shape index (κ1) is 6.71. The third-order valence-corrected chi connectivity index (χ3v) is 1.85. The standard InChI is InChI=1S/C6H8NOS/c1-5-7-6(2-3-8)4-9-5/h4H,2-3H2,1H3. The zero-order valence-corrected chi connectivity index (χ0v) is 6.07. The first-order valence-corrected chi connectivity index (χ1v) is 3.70. The quantitative estimate of drug-likeness (QED) is 0.614. The summed E-state index contributed by atoms with van der Waals surface area (Å²) in [6, 6.07) is 0. The summed E-state index contributed by atoms with van der Waals surface area (Å²) in [4.78, 5) is 4.12. The SMILES string of the molecule is Cc1nc(CC[O])cs1. The van der Waals surface area contributed by atoms with Crippen LogP contribution in [0.1, 0.15) is 10.7 Å². The van der Waals surface area contributed by atoms with Crippen molar-refractivity contribution in [1.82, 2.24) is 4.98 Å². The van der Waals surface area contributed by atoms with E-state index in [1.165, 1.54) is 0 Å². The molecule has 0 aliphatic carbocycles. The van der Waals surface area contributed by atoms with E-state index >= 15 is 0 Å². The van der Waals surface area contributed by atoms with Crippen LogP contribution in [-0.4, -0.2) is 11.6 Å². The predicted octanol–water partition coefficient (Wildman–Crippen LogP) is 1.42. The zero-order chi connectivity index (χ0) is 6.69. The first-order valence-electron chi connectivity index (χ1n) is 2.82. The van der Waals surface area contributed by atoms with E-state index in [0.717, 1.165) is 10.7 Å². The molecule has 0 bridgehead atoms. The van der Waals surface area contributed by atoms with Crippen molar-refractivity contribution in [2.24, 2.45) is 0 Å². The Balaban J connectivity index is 2.61. The third-order valence-electron chi connectivity index (χ3n) is 1.02. The van der Waals surface area contributed by atoms with E-state index in [9.17, 15) is 5.11 Å². The van der Waals surface area contributed by atoms with Gasteiger partial charge in [0.25, 0.3) is 0 Å². The van der Waals surface area contributed by atoms with E-state index in [0.29, 0.717) is 6.42 Å². The van der Waals surface area contributed by atoms with Gasteiger partial charge in [0.05, 0.1) is 17.3 Å². The average molecular weight is 142 g/mol. The molecule has 0 saturated heterocycles. The highest BCUT2D eigenvalue weighted by Crippen LogP contribution is 2.07. The Morgan fingerprint density at radius 3 is 3.00 bits per heavy atom. The van der Waals surface area contributed by atoms with E-state index in [1.54, 1.807) is 11.3 Å². The summed E-state index contributed by atoms with van der Waals surface area (Å²) in [7, 11) is 0. The second-order valence-corrected chi connectivity index (χ2v) is 2.87. The molecule has 0 fully saturated rings. The van der Waals surface area contributed by atoms with Gasteiger partial charge in [-0.2, -0.15) is 0 Å². The molecule has 0 aromatic carbocycles. The van der Waals surface area contributed by atoms with Crippen molar-refractivity contribution in [2.45, 2.75) is 13.3 Å². The molecule has 3 heteroatoms. The molecule has 0 atom stereocenters. The second-order valence-electron chi connectivity index (χ2n) is 1.81. The van der Waals surface area contributed by atoms with Crippen molar-refractivity contribution in [3.8, 4) is 0 Å². The maximum absolute atomic E-state index is 10.1. The summed E-state index contributed by atoms with van der Waals surface area (Å²) >= 11 is 1.59. The summed E-state index contributed by atoms with van der Waals surface area (Å²) in [5.74, 6) is 0. The summed E-state index contributed by atoms with van der Waals surface area (Å²) in [6.45, 7) is 1.89. The minimum Gasteiger partial charge on any atom is -0.247 e. The molecule has 0 aliphatic rings. The molecule has 0 amide bonds. The van der Waals surface area contributed by atoms with E-state index in [2.05, 4.69) is 4.98 Å². The van der Waals surface area contributed by atoms with Crippen LogP contribution in [0.25, 0.3) is 0 Å². The molecule has 0 saturated carbocycles. The van der Waals surface area contributed by atoms with Gasteiger partial charge in [0, 0.05) is 11.8 Å². The van der Waals surface area contributed by atoms with E-state index in [1.807, 2.05) is 12.3 Å². The highest BCUT2D eigenvalue weighted by Gasteiger charge is 1.95. The molecule has 0 unspecified atom stereocenters. The van der Waals surface area contributed by atoms with Gasteiger partial charge in [-0.15, -0.1) is 11.3 Å². The lowest BCUT2D eigenvalue weighted by atomic mass is 10.4.